The number of morpholine rings is 1. The minimum Gasteiger partial charge on any atom is -0.481 e. The van der Waals surface area contributed by atoms with Gasteiger partial charge in [-0.15, -0.1) is 0 Å². The number of benzene rings is 2. The molecule has 0 aromatic heterocycles. The quantitative estimate of drug-likeness (QED) is 0.0554. The lowest BCUT2D eigenvalue weighted by Crippen LogP contribution is -2.60. The third-order valence-corrected chi connectivity index (χ3v) is 11.4. The summed E-state index contributed by atoms with van der Waals surface area (Å²) in [7, 11) is 0. The molecule has 5 N–H and O–H groups in total. The molecule has 0 spiro atoms. The summed E-state index contributed by atoms with van der Waals surface area (Å²) in [5.41, 5.74) is 0.0264. The van der Waals surface area contributed by atoms with Gasteiger partial charge in [0.05, 0.1) is 38.6 Å². The van der Waals surface area contributed by atoms with E-state index in [9.17, 15) is 33.6 Å². The highest BCUT2D eigenvalue weighted by atomic mass is 127. The monoisotopic (exact) mass is 947 g/mol. The van der Waals surface area contributed by atoms with Crippen molar-refractivity contribution in [2.45, 2.75) is 109 Å². The van der Waals surface area contributed by atoms with E-state index >= 15 is 0 Å². The molecule has 0 bridgehead atoms. The molecular weight excluding hydrogens is 885 g/mol. The Morgan fingerprint density at radius 1 is 0.733 bits per heavy atom. The number of carboxylic acids is 1. The van der Waals surface area contributed by atoms with E-state index in [2.05, 4.69) is 21.3 Å². The zero-order chi connectivity index (χ0) is 44.2. The van der Waals surface area contributed by atoms with E-state index in [4.69, 9.17) is 14.6 Å². The third kappa shape index (κ3) is 17.7. The number of ketones is 1. The molecule has 15 nitrogen and oxygen atoms in total. The lowest BCUT2D eigenvalue weighted by molar-refractivity contribution is -0.165. The fourth-order valence-corrected chi connectivity index (χ4v) is 7.26. The summed E-state index contributed by atoms with van der Waals surface area (Å²) in [5.74, 6) is -4.90. The van der Waals surface area contributed by atoms with Gasteiger partial charge in [0.2, 0.25) is 23.6 Å². The minimum absolute atomic E-state index is 0.0354. The number of nitrogens with one attached hydrogen (secondary N) is 4. The summed E-state index contributed by atoms with van der Waals surface area (Å²) >= 11 is 1.91. The molecule has 0 saturated carbocycles. The average Bonchev–Trinajstić information content (AvgIpc) is 3.21. The largest absolute Gasteiger partial charge is 0.481 e. The number of alkyl halides is 1. The number of hydrogen-bond acceptors (Lipinski definition) is 10. The molecule has 60 heavy (non-hydrogen) atoms. The number of esters is 1. The van der Waals surface area contributed by atoms with Gasteiger partial charge in [-0.3, -0.25) is 38.5 Å². The normalized spacial score (nSPS) is 16.1. The van der Waals surface area contributed by atoms with Crippen LogP contribution in [0.2, 0.25) is 0 Å². The summed E-state index contributed by atoms with van der Waals surface area (Å²) in [6, 6.07) is 14.2. The predicted molar refractivity (Wildman–Crippen MR) is 234 cm³/mol. The Morgan fingerprint density at radius 3 is 1.82 bits per heavy atom. The molecule has 1 aliphatic heterocycles. The Kier molecular flexibility index (Phi) is 21.1. The molecule has 2 aromatic rings. The third-order valence-electron chi connectivity index (χ3n) is 9.94. The van der Waals surface area contributed by atoms with E-state index in [0.717, 1.165) is 11.1 Å². The van der Waals surface area contributed by atoms with Crippen LogP contribution in [0.4, 0.5) is 0 Å². The summed E-state index contributed by atoms with van der Waals surface area (Å²) in [6.07, 6.45) is 0.330. The lowest BCUT2D eigenvalue weighted by atomic mass is 9.90. The van der Waals surface area contributed by atoms with Crippen LogP contribution in [0.25, 0.3) is 0 Å². The van der Waals surface area contributed by atoms with Crippen LogP contribution in [0.1, 0.15) is 77.8 Å². The first-order chi connectivity index (χ1) is 28.5. The Labute approximate surface area is 367 Å². The van der Waals surface area contributed by atoms with Gasteiger partial charge in [-0.05, 0) is 55.6 Å². The highest BCUT2D eigenvalue weighted by Gasteiger charge is 2.42. The molecule has 1 fully saturated rings. The van der Waals surface area contributed by atoms with Crippen molar-refractivity contribution in [1.82, 2.24) is 26.2 Å². The maximum Gasteiger partial charge on any atom is 0.307 e. The molecule has 1 heterocycles. The number of carboxylic acid groups (broad SMARTS) is 1. The van der Waals surface area contributed by atoms with Crippen molar-refractivity contribution >= 4 is 63.9 Å². The second kappa shape index (κ2) is 25.4. The zero-order valence-corrected chi connectivity index (χ0v) is 37.5. The van der Waals surface area contributed by atoms with Gasteiger partial charge >= 0.3 is 11.9 Å². The molecule has 1 aliphatic rings. The standard InChI is InChI=1S/C44H62IN5O10/c1-29(2)24-34(40(55)44(5,28-45)60-39(54)19-18-38(52)53)47-43(58)36(26-32-14-10-7-11-15-32)49-42(57)35(25-30(3)4)48-41(56)33(17-16-31-12-8-6-9-13-31)46-37(51)27-50-20-22-59-23-21-50/h6-15,29-30,33-36H,16-28H2,1-5H3,(H,46,51)(H,47,58)(H,48,56)(H,49,57)(H,52,53)/t33-,34-,35-,36-,44+/m0/s1. The molecule has 0 aliphatic carbocycles. The van der Waals surface area contributed by atoms with Crippen LogP contribution < -0.4 is 21.3 Å². The number of halogens is 1. The maximum absolute atomic E-state index is 14.3. The number of carbonyl (C=O) groups is 7. The summed E-state index contributed by atoms with van der Waals surface area (Å²) in [4.78, 5) is 95.6. The highest BCUT2D eigenvalue weighted by molar-refractivity contribution is 14.1. The number of carbonyl (C=O) groups excluding carboxylic acids is 6. The SMILES string of the molecule is CC(C)C[C@H](NC(=O)[C@H](CCc1ccccc1)NC(=O)CN1CCOCC1)C(=O)N[C@@H](Cc1ccccc1)C(=O)N[C@@H](CC(C)C)C(=O)[C@@](C)(CI)OC(=O)CCC(=O)O. The first-order valence-corrected chi connectivity index (χ1v) is 22.1. The van der Waals surface area contributed by atoms with Crippen LogP contribution in [0.5, 0.6) is 0 Å². The fraction of sp³-hybridized carbons (Fsp3) is 0.568. The van der Waals surface area contributed by atoms with Crippen LogP contribution in [0.3, 0.4) is 0 Å². The zero-order valence-electron chi connectivity index (χ0n) is 35.4. The second-order valence-corrected chi connectivity index (χ2v) is 17.0. The number of rotatable bonds is 25. The van der Waals surface area contributed by atoms with Crippen molar-refractivity contribution in [2.24, 2.45) is 11.8 Å². The molecule has 5 atom stereocenters. The Balaban J connectivity index is 1.87. The molecule has 3 rings (SSSR count). The van der Waals surface area contributed by atoms with Crippen molar-refractivity contribution in [2.75, 3.05) is 37.3 Å². The molecule has 4 amide bonds. The number of Topliss-reactive ketones (excluding diaryl/α,β-unsaturated/α-hetero) is 1. The Hall–Kier alpha value is -4.42. The predicted octanol–water partition coefficient (Wildman–Crippen LogP) is 3.40. The van der Waals surface area contributed by atoms with Gasteiger partial charge in [0.25, 0.3) is 0 Å². The Bertz CT molecular complexity index is 1720. The van der Waals surface area contributed by atoms with E-state index in [1.165, 1.54) is 6.92 Å². The second-order valence-electron chi connectivity index (χ2n) is 16.3. The van der Waals surface area contributed by atoms with Crippen LogP contribution in [0, 0.1) is 11.8 Å². The van der Waals surface area contributed by atoms with Gasteiger partial charge in [0, 0.05) is 23.9 Å². The smallest absolute Gasteiger partial charge is 0.307 e. The average molecular weight is 948 g/mol. The topological polar surface area (TPSA) is 210 Å². The van der Waals surface area contributed by atoms with E-state index in [0.29, 0.717) is 32.7 Å². The van der Waals surface area contributed by atoms with Gasteiger partial charge in [0.15, 0.2) is 11.4 Å². The minimum atomic E-state index is -1.68. The number of amides is 4. The Morgan fingerprint density at radius 2 is 1.25 bits per heavy atom. The van der Waals surface area contributed by atoms with Crippen LogP contribution >= 0.6 is 22.6 Å². The van der Waals surface area contributed by atoms with Gasteiger partial charge in [-0.2, -0.15) is 0 Å². The van der Waals surface area contributed by atoms with Gasteiger partial charge < -0.3 is 35.8 Å². The van der Waals surface area contributed by atoms with Crippen molar-refractivity contribution < 1.29 is 48.1 Å². The fourth-order valence-electron chi connectivity index (χ4n) is 6.73. The first kappa shape index (κ1) is 49.9. The van der Waals surface area contributed by atoms with Crippen molar-refractivity contribution in [1.29, 1.82) is 0 Å². The van der Waals surface area contributed by atoms with E-state index in [1.807, 2.05) is 91.6 Å². The molecule has 330 valence electrons. The highest BCUT2D eigenvalue weighted by Crippen LogP contribution is 2.22. The molecule has 1 saturated heterocycles. The maximum atomic E-state index is 14.3. The van der Waals surface area contributed by atoms with Crippen molar-refractivity contribution in [3.8, 4) is 0 Å². The van der Waals surface area contributed by atoms with E-state index in [-0.39, 0.29) is 54.4 Å². The van der Waals surface area contributed by atoms with Gasteiger partial charge in [0.1, 0.15) is 18.1 Å². The first-order valence-electron chi connectivity index (χ1n) is 20.6. The number of nitrogens with zero attached hydrogens (tertiary/aromatic N) is 1. The number of ether oxygens (including phenoxy) is 2. The summed E-state index contributed by atoms with van der Waals surface area (Å²) < 4.78 is 11.0. The van der Waals surface area contributed by atoms with E-state index in [1.54, 1.807) is 24.3 Å². The van der Waals surface area contributed by atoms with Crippen molar-refractivity contribution in [3.63, 3.8) is 0 Å². The summed E-state index contributed by atoms with van der Waals surface area (Å²) in [6.45, 7) is 11.3. The number of aliphatic carboxylic acids is 1. The van der Waals surface area contributed by atoms with Crippen molar-refractivity contribution in [3.05, 3.63) is 71.8 Å². The molecule has 2 aromatic carbocycles. The number of hydrogen-bond donors (Lipinski definition) is 5. The molecular formula is C44H62IN5O10. The van der Waals surface area contributed by atoms with Crippen LogP contribution in [0.15, 0.2) is 60.7 Å². The van der Waals surface area contributed by atoms with Crippen LogP contribution in [-0.2, 0) is 55.9 Å². The number of aryl methyl sites for hydroxylation is 1. The van der Waals surface area contributed by atoms with E-state index < -0.39 is 78.1 Å². The van der Waals surface area contributed by atoms with Gasteiger partial charge in [-0.1, -0.05) is 111 Å². The summed E-state index contributed by atoms with van der Waals surface area (Å²) in [5, 5.41) is 20.5. The molecule has 0 unspecified atom stereocenters. The van der Waals surface area contributed by atoms with Crippen LogP contribution in [-0.4, -0.2) is 118 Å². The lowest BCUT2D eigenvalue weighted by Gasteiger charge is -2.32. The molecule has 0 radical (unpaired) electrons. The van der Waals surface area contributed by atoms with Gasteiger partial charge in [-0.25, -0.2) is 0 Å². The molecule has 16 heteroatoms.